The zero-order chi connectivity index (χ0) is 8.97. The van der Waals surface area contributed by atoms with Gasteiger partial charge in [-0.1, -0.05) is 6.07 Å². The fourth-order valence-corrected chi connectivity index (χ4v) is 1.01. The lowest BCUT2D eigenvalue weighted by Gasteiger charge is -2.00. The van der Waals surface area contributed by atoms with Gasteiger partial charge in [-0.15, -0.1) is 0 Å². The van der Waals surface area contributed by atoms with Crippen molar-refractivity contribution < 1.29 is 9.50 Å². The van der Waals surface area contributed by atoms with Crippen LogP contribution in [-0.4, -0.2) is 11.7 Å². The van der Waals surface area contributed by atoms with Crippen LogP contribution in [0.2, 0.25) is 0 Å². The molecule has 3 N–H and O–H groups in total. The van der Waals surface area contributed by atoms with E-state index in [1.807, 2.05) is 0 Å². The van der Waals surface area contributed by atoms with E-state index in [0.29, 0.717) is 6.54 Å². The van der Waals surface area contributed by atoms with E-state index in [1.54, 1.807) is 6.07 Å². The summed E-state index contributed by atoms with van der Waals surface area (Å²) < 4.78 is 12.7. The van der Waals surface area contributed by atoms with Gasteiger partial charge in [-0.3, -0.25) is 0 Å². The highest BCUT2D eigenvalue weighted by Crippen LogP contribution is 2.16. The molecule has 0 aromatic heterocycles. The van der Waals surface area contributed by atoms with Gasteiger partial charge in [0, 0.05) is 0 Å². The molecule has 0 atom stereocenters. The molecule has 0 unspecified atom stereocenters. The lowest BCUT2D eigenvalue weighted by atomic mass is 10.1. The topological polar surface area (TPSA) is 46.2 Å². The molecule has 1 aromatic carbocycles. The average molecular weight is 169 g/mol. The van der Waals surface area contributed by atoms with E-state index >= 15 is 0 Å². The number of benzene rings is 1. The summed E-state index contributed by atoms with van der Waals surface area (Å²) in [6, 6.07) is 4.40. The van der Waals surface area contributed by atoms with Crippen LogP contribution < -0.4 is 5.73 Å². The van der Waals surface area contributed by atoms with Crippen molar-refractivity contribution in [2.75, 3.05) is 6.54 Å². The Morgan fingerprint density at radius 3 is 2.75 bits per heavy atom. The first-order valence-electron chi connectivity index (χ1n) is 3.91. The number of halogens is 1. The molecule has 0 aliphatic rings. The van der Waals surface area contributed by atoms with Crippen LogP contribution in [-0.2, 0) is 6.42 Å². The van der Waals surface area contributed by atoms with Crippen molar-refractivity contribution in [3.63, 3.8) is 0 Å². The van der Waals surface area contributed by atoms with Crippen LogP contribution in [0.3, 0.4) is 0 Å². The van der Waals surface area contributed by atoms with E-state index in [2.05, 4.69) is 0 Å². The molecule has 0 heterocycles. The van der Waals surface area contributed by atoms with E-state index in [0.717, 1.165) is 18.4 Å². The predicted octanol–water partition coefficient (Wildman–Crippen LogP) is 1.42. The highest BCUT2D eigenvalue weighted by atomic mass is 19.1. The maximum Gasteiger partial charge on any atom is 0.165 e. The minimum atomic E-state index is -0.565. The van der Waals surface area contributed by atoms with Gasteiger partial charge < -0.3 is 10.8 Å². The molecule has 0 radical (unpaired) electrons. The number of nitrogens with two attached hydrogens (primary N) is 1. The number of aromatic hydroxyl groups is 1. The lowest BCUT2D eigenvalue weighted by molar-refractivity contribution is 0.431. The third-order valence-corrected chi connectivity index (χ3v) is 1.68. The van der Waals surface area contributed by atoms with Gasteiger partial charge in [0.2, 0.25) is 0 Å². The van der Waals surface area contributed by atoms with Gasteiger partial charge in [-0.2, -0.15) is 0 Å². The van der Waals surface area contributed by atoms with Gasteiger partial charge in [-0.25, -0.2) is 4.39 Å². The molecular weight excluding hydrogens is 157 g/mol. The summed E-state index contributed by atoms with van der Waals surface area (Å²) in [5.74, 6) is -0.865. The van der Waals surface area contributed by atoms with Crippen LogP contribution in [0.25, 0.3) is 0 Å². The van der Waals surface area contributed by atoms with E-state index in [4.69, 9.17) is 10.8 Å². The Kier molecular flexibility index (Phi) is 3.05. The Morgan fingerprint density at radius 1 is 1.42 bits per heavy atom. The van der Waals surface area contributed by atoms with E-state index in [9.17, 15) is 4.39 Å². The standard InChI is InChI=1S/C9H12FNO/c10-8-6-7(2-1-5-11)3-4-9(8)12/h3-4,6,12H,1-2,5,11H2. The summed E-state index contributed by atoms with van der Waals surface area (Å²) in [6.07, 6.45) is 1.60. The summed E-state index contributed by atoms with van der Waals surface area (Å²) in [7, 11) is 0. The van der Waals surface area contributed by atoms with Gasteiger partial charge in [0.05, 0.1) is 0 Å². The largest absolute Gasteiger partial charge is 0.505 e. The van der Waals surface area contributed by atoms with Crippen molar-refractivity contribution in [3.8, 4) is 5.75 Å². The van der Waals surface area contributed by atoms with Gasteiger partial charge in [-0.05, 0) is 37.1 Å². The minimum absolute atomic E-state index is 0.300. The van der Waals surface area contributed by atoms with Gasteiger partial charge in [0.1, 0.15) is 0 Å². The molecule has 0 amide bonds. The molecule has 0 aliphatic heterocycles. The van der Waals surface area contributed by atoms with Gasteiger partial charge >= 0.3 is 0 Å². The number of aryl methyl sites for hydroxylation is 1. The monoisotopic (exact) mass is 169 g/mol. The number of hydrogen-bond acceptors (Lipinski definition) is 2. The van der Waals surface area contributed by atoms with Crippen LogP contribution in [0.5, 0.6) is 5.75 Å². The lowest BCUT2D eigenvalue weighted by Crippen LogP contribution is -2.00. The first-order valence-corrected chi connectivity index (χ1v) is 3.91. The summed E-state index contributed by atoms with van der Waals surface area (Å²) in [5.41, 5.74) is 6.17. The van der Waals surface area contributed by atoms with Crippen LogP contribution in [0.4, 0.5) is 4.39 Å². The minimum Gasteiger partial charge on any atom is -0.505 e. The second kappa shape index (κ2) is 4.07. The molecule has 0 saturated heterocycles. The van der Waals surface area contributed by atoms with Crippen LogP contribution in [0.1, 0.15) is 12.0 Å². The number of phenolic OH excluding ortho intramolecular Hbond substituents is 1. The fraction of sp³-hybridized carbons (Fsp3) is 0.333. The third kappa shape index (κ3) is 2.20. The third-order valence-electron chi connectivity index (χ3n) is 1.68. The SMILES string of the molecule is NCCCc1ccc(O)c(F)c1. The Balaban J connectivity index is 2.69. The molecule has 0 bridgehead atoms. The van der Waals surface area contributed by atoms with Crippen LogP contribution >= 0.6 is 0 Å². The molecule has 0 saturated carbocycles. The fourth-order valence-electron chi connectivity index (χ4n) is 1.01. The Bertz CT molecular complexity index is 263. The number of rotatable bonds is 3. The maximum atomic E-state index is 12.7. The molecule has 2 nitrogen and oxygen atoms in total. The second-order valence-electron chi connectivity index (χ2n) is 2.68. The van der Waals surface area contributed by atoms with Crippen molar-refractivity contribution in [2.24, 2.45) is 5.73 Å². The molecular formula is C9H12FNO. The van der Waals surface area contributed by atoms with Crippen LogP contribution in [0.15, 0.2) is 18.2 Å². The highest BCUT2D eigenvalue weighted by Gasteiger charge is 2.00. The van der Waals surface area contributed by atoms with Crippen molar-refractivity contribution in [1.29, 1.82) is 0 Å². The van der Waals surface area contributed by atoms with Crippen molar-refractivity contribution in [2.45, 2.75) is 12.8 Å². The van der Waals surface area contributed by atoms with Crippen molar-refractivity contribution in [3.05, 3.63) is 29.6 Å². The predicted molar refractivity (Wildman–Crippen MR) is 45.4 cm³/mol. The Labute approximate surface area is 70.8 Å². The first kappa shape index (κ1) is 9.00. The Morgan fingerprint density at radius 2 is 2.17 bits per heavy atom. The number of hydrogen-bond donors (Lipinski definition) is 2. The summed E-state index contributed by atoms with van der Waals surface area (Å²) in [5, 5.41) is 8.87. The average Bonchev–Trinajstić information content (AvgIpc) is 2.07. The molecule has 0 aliphatic carbocycles. The molecule has 0 spiro atoms. The normalized spacial score (nSPS) is 10.2. The molecule has 66 valence electrons. The van der Waals surface area contributed by atoms with E-state index in [1.165, 1.54) is 12.1 Å². The zero-order valence-electron chi connectivity index (χ0n) is 6.76. The van der Waals surface area contributed by atoms with E-state index < -0.39 is 5.82 Å². The molecule has 1 rings (SSSR count). The second-order valence-corrected chi connectivity index (χ2v) is 2.68. The smallest absolute Gasteiger partial charge is 0.165 e. The highest BCUT2D eigenvalue weighted by molar-refractivity contribution is 5.27. The summed E-state index contributed by atoms with van der Waals surface area (Å²) in [6.45, 7) is 0.600. The first-order chi connectivity index (χ1) is 5.74. The summed E-state index contributed by atoms with van der Waals surface area (Å²) in [4.78, 5) is 0. The summed E-state index contributed by atoms with van der Waals surface area (Å²) >= 11 is 0. The van der Waals surface area contributed by atoms with E-state index in [-0.39, 0.29) is 5.75 Å². The van der Waals surface area contributed by atoms with Gasteiger partial charge in [0.15, 0.2) is 11.6 Å². The molecule has 3 heteroatoms. The van der Waals surface area contributed by atoms with Crippen LogP contribution in [0, 0.1) is 5.82 Å². The molecule has 1 aromatic rings. The number of phenols is 1. The van der Waals surface area contributed by atoms with Gasteiger partial charge in [0.25, 0.3) is 0 Å². The maximum absolute atomic E-state index is 12.7. The molecule has 12 heavy (non-hydrogen) atoms. The Hall–Kier alpha value is -1.09. The van der Waals surface area contributed by atoms with Crippen molar-refractivity contribution >= 4 is 0 Å². The quantitative estimate of drug-likeness (QED) is 0.718. The zero-order valence-corrected chi connectivity index (χ0v) is 6.76. The van der Waals surface area contributed by atoms with Crippen molar-refractivity contribution in [1.82, 2.24) is 0 Å². The molecule has 0 fully saturated rings.